The van der Waals surface area contributed by atoms with Gasteiger partial charge in [-0.15, -0.1) is 0 Å². The fraction of sp³-hybridized carbons (Fsp3) is 0. The van der Waals surface area contributed by atoms with Crippen LogP contribution in [0.25, 0.3) is 0 Å². The molecule has 17 heavy (non-hydrogen) atoms. The lowest BCUT2D eigenvalue weighted by Crippen LogP contribution is -2.29. The number of rotatable bonds is 3. The minimum Gasteiger partial charge on any atom is -0.454 e. The van der Waals surface area contributed by atoms with Crippen LogP contribution in [0.1, 0.15) is 0 Å². The average Bonchev–Trinajstić information content (AvgIpc) is 2.33. The van der Waals surface area contributed by atoms with Crippen molar-refractivity contribution in [1.82, 2.24) is 4.98 Å². The summed E-state index contributed by atoms with van der Waals surface area (Å²) >= 11 is 0. The van der Waals surface area contributed by atoms with Gasteiger partial charge < -0.3 is 14.8 Å². The lowest BCUT2D eigenvalue weighted by atomic mass is 9.80. The summed E-state index contributed by atoms with van der Waals surface area (Å²) in [5.41, 5.74) is 0.0737. The van der Waals surface area contributed by atoms with Crippen LogP contribution in [0.2, 0.25) is 0 Å². The highest BCUT2D eigenvalue weighted by molar-refractivity contribution is 6.58. The molecule has 0 saturated carbocycles. The molecule has 0 radical (unpaired) electrons. The molecule has 0 aliphatic carbocycles. The molecule has 6 heteroatoms. The summed E-state index contributed by atoms with van der Waals surface area (Å²) in [6, 6.07) is 6.92. The molecular weight excluding hydrogens is 224 g/mol. The molecule has 0 amide bonds. The molecule has 86 valence electrons. The molecule has 2 N–H and O–H groups in total. The van der Waals surface area contributed by atoms with E-state index < -0.39 is 12.9 Å². The summed E-state index contributed by atoms with van der Waals surface area (Å²) in [5.74, 6) is -0.191. The molecule has 0 aliphatic heterocycles. The van der Waals surface area contributed by atoms with E-state index in [0.717, 1.165) is 6.07 Å². The second kappa shape index (κ2) is 4.94. The zero-order chi connectivity index (χ0) is 12.3. The molecule has 2 rings (SSSR count). The Hall–Kier alpha value is -1.92. The van der Waals surface area contributed by atoms with Crippen molar-refractivity contribution in [3.8, 4) is 11.5 Å². The van der Waals surface area contributed by atoms with Crippen LogP contribution in [-0.4, -0.2) is 22.2 Å². The van der Waals surface area contributed by atoms with Gasteiger partial charge in [0.2, 0.25) is 0 Å². The first-order valence-electron chi connectivity index (χ1n) is 4.90. The molecule has 0 unspecified atom stereocenters. The highest BCUT2D eigenvalue weighted by Gasteiger charge is 2.14. The van der Waals surface area contributed by atoms with Gasteiger partial charge in [0.05, 0.1) is 0 Å². The van der Waals surface area contributed by atoms with Crippen LogP contribution in [0.3, 0.4) is 0 Å². The zero-order valence-corrected chi connectivity index (χ0v) is 8.75. The molecule has 1 aromatic heterocycles. The van der Waals surface area contributed by atoms with Gasteiger partial charge in [-0.3, -0.25) is 4.98 Å². The van der Waals surface area contributed by atoms with Gasteiger partial charge in [0.25, 0.3) is 0 Å². The van der Waals surface area contributed by atoms with Crippen LogP contribution in [0.15, 0.2) is 42.7 Å². The van der Waals surface area contributed by atoms with Gasteiger partial charge in [-0.25, -0.2) is 4.39 Å². The molecule has 4 nitrogen and oxygen atoms in total. The van der Waals surface area contributed by atoms with Crippen LogP contribution in [0, 0.1) is 5.82 Å². The van der Waals surface area contributed by atoms with E-state index in [0.29, 0.717) is 5.75 Å². The summed E-state index contributed by atoms with van der Waals surface area (Å²) in [6.07, 6.45) is 3.05. The van der Waals surface area contributed by atoms with E-state index in [-0.39, 0.29) is 11.2 Å². The van der Waals surface area contributed by atoms with Crippen molar-refractivity contribution in [3.63, 3.8) is 0 Å². The fourth-order valence-electron chi connectivity index (χ4n) is 1.29. The fourth-order valence-corrected chi connectivity index (χ4v) is 1.29. The molecular formula is C11H9BFNO3. The Kier molecular flexibility index (Phi) is 3.36. The highest BCUT2D eigenvalue weighted by atomic mass is 19.1. The van der Waals surface area contributed by atoms with Crippen LogP contribution < -0.4 is 10.2 Å². The standard InChI is InChI=1S/C11H9BFNO3/c13-10-7-8(12(15)16)1-2-11(10)17-9-3-5-14-6-4-9/h1-7,15-16H. The van der Waals surface area contributed by atoms with Crippen molar-refractivity contribution < 1.29 is 19.2 Å². The van der Waals surface area contributed by atoms with Crippen molar-refractivity contribution in [2.24, 2.45) is 0 Å². The van der Waals surface area contributed by atoms with Crippen LogP contribution in [0.5, 0.6) is 11.5 Å². The minimum atomic E-state index is -1.69. The zero-order valence-electron chi connectivity index (χ0n) is 8.75. The maximum Gasteiger partial charge on any atom is 0.488 e. The second-order valence-electron chi connectivity index (χ2n) is 3.35. The van der Waals surface area contributed by atoms with E-state index in [1.54, 1.807) is 12.1 Å². The average molecular weight is 233 g/mol. The summed E-state index contributed by atoms with van der Waals surface area (Å²) < 4.78 is 18.8. The third-order valence-electron chi connectivity index (χ3n) is 2.13. The van der Waals surface area contributed by atoms with Gasteiger partial charge in [0.1, 0.15) is 5.75 Å². The third kappa shape index (κ3) is 2.80. The van der Waals surface area contributed by atoms with Crippen molar-refractivity contribution in [2.45, 2.75) is 0 Å². The molecule has 0 bridgehead atoms. The summed E-state index contributed by atoms with van der Waals surface area (Å²) in [7, 11) is -1.69. The Labute approximate surface area is 97.5 Å². The van der Waals surface area contributed by atoms with Crippen molar-refractivity contribution in [1.29, 1.82) is 0 Å². The smallest absolute Gasteiger partial charge is 0.454 e. The van der Waals surface area contributed by atoms with Gasteiger partial charge >= 0.3 is 7.12 Å². The Bertz CT molecular complexity index is 507. The van der Waals surface area contributed by atoms with E-state index in [2.05, 4.69) is 4.98 Å². The van der Waals surface area contributed by atoms with E-state index in [1.807, 2.05) is 0 Å². The van der Waals surface area contributed by atoms with Gasteiger partial charge in [-0.2, -0.15) is 0 Å². The number of pyridine rings is 1. The van der Waals surface area contributed by atoms with E-state index >= 15 is 0 Å². The van der Waals surface area contributed by atoms with E-state index in [4.69, 9.17) is 14.8 Å². The second-order valence-corrected chi connectivity index (χ2v) is 3.35. The van der Waals surface area contributed by atoms with Crippen LogP contribution >= 0.6 is 0 Å². The monoisotopic (exact) mass is 233 g/mol. The lowest BCUT2D eigenvalue weighted by molar-refractivity contribution is 0.423. The molecule has 1 heterocycles. The van der Waals surface area contributed by atoms with E-state index in [1.165, 1.54) is 24.5 Å². The molecule has 0 spiro atoms. The predicted molar refractivity (Wildman–Crippen MR) is 60.5 cm³/mol. The number of benzene rings is 1. The topological polar surface area (TPSA) is 62.6 Å². The first-order valence-corrected chi connectivity index (χ1v) is 4.90. The van der Waals surface area contributed by atoms with Crippen LogP contribution in [0.4, 0.5) is 4.39 Å². The molecule has 0 saturated heterocycles. The van der Waals surface area contributed by atoms with Gasteiger partial charge in [-0.05, 0) is 29.7 Å². The van der Waals surface area contributed by atoms with Crippen LogP contribution in [-0.2, 0) is 0 Å². The predicted octanol–water partition coefficient (Wildman–Crippen LogP) is 0.693. The number of nitrogens with zero attached hydrogens (tertiary/aromatic N) is 1. The molecule has 2 aromatic rings. The normalized spacial score (nSPS) is 10.1. The van der Waals surface area contributed by atoms with E-state index in [9.17, 15) is 4.39 Å². The maximum atomic E-state index is 13.5. The van der Waals surface area contributed by atoms with Crippen molar-refractivity contribution in [2.75, 3.05) is 0 Å². The lowest BCUT2D eigenvalue weighted by Gasteiger charge is -2.07. The Morgan fingerprint density at radius 2 is 1.82 bits per heavy atom. The summed E-state index contributed by atoms with van der Waals surface area (Å²) in [5, 5.41) is 17.7. The minimum absolute atomic E-state index is 0.0144. The summed E-state index contributed by atoms with van der Waals surface area (Å²) in [4.78, 5) is 3.81. The quantitative estimate of drug-likeness (QED) is 0.765. The van der Waals surface area contributed by atoms with Gasteiger partial charge in [0.15, 0.2) is 11.6 Å². The maximum absolute atomic E-state index is 13.5. The van der Waals surface area contributed by atoms with Gasteiger partial charge in [0, 0.05) is 12.4 Å². The Balaban J connectivity index is 2.23. The first kappa shape index (κ1) is 11.6. The third-order valence-corrected chi connectivity index (χ3v) is 2.13. The Morgan fingerprint density at radius 3 is 2.41 bits per heavy atom. The molecule has 0 aliphatic rings. The van der Waals surface area contributed by atoms with Gasteiger partial charge in [-0.1, -0.05) is 6.07 Å². The Morgan fingerprint density at radius 1 is 1.12 bits per heavy atom. The number of ether oxygens (including phenoxy) is 1. The SMILES string of the molecule is OB(O)c1ccc(Oc2ccncc2)c(F)c1. The summed E-state index contributed by atoms with van der Waals surface area (Å²) in [6.45, 7) is 0. The number of hydrogen-bond donors (Lipinski definition) is 2. The van der Waals surface area contributed by atoms with Crippen molar-refractivity contribution >= 4 is 12.6 Å². The number of halogens is 1. The van der Waals surface area contributed by atoms with Crippen molar-refractivity contribution in [3.05, 3.63) is 48.5 Å². The first-order chi connectivity index (χ1) is 8.16. The largest absolute Gasteiger partial charge is 0.488 e. The molecule has 1 aromatic carbocycles. The highest BCUT2D eigenvalue weighted by Crippen LogP contribution is 2.22. The molecule has 0 fully saturated rings. The molecule has 0 atom stereocenters. The number of aromatic nitrogens is 1. The number of hydrogen-bond acceptors (Lipinski definition) is 4.